The van der Waals surface area contributed by atoms with Crippen molar-refractivity contribution in [2.24, 2.45) is 0 Å². The van der Waals surface area contributed by atoms with Gasteiger partial charge in [-0.05, 0) is 39.0 Å². The molecule has 1 aromatic carbocycles. The fourth-order valence-corrected chi connectivity index (χ4v) is 2.74. The van der Waals surface area contributed by atoms with Crippen LogP contribution in [0.3, 0.4) is 0 Å². The molecule has 25 heavy (non-hydrogen) atoms. The second-order valence-corrected chi connectivity index (χ2v) is 7.30. The molecule has 0 bridgehead atoms. The molecule has 0 saturated carbocycles. The van der Waals surface area contributed by atoms with Gasteiger partial charge in [-0.3, -0.25) is 0 Å². The standard InChI is InChI=1S/C16H24BF3N3O2/c1-16(2,3)25-15(24)23-6-4-22(5-7-23)14-9-12(8-13(21)10-14)11-17(18,19)20/h8-10H,4-7,11,21H2,1-3H3/q-1. The zero-order valence-corrected chi connectivity index (χ0v) is 14.8. The van der Waals surface area contributed by atoms with E-state index in [2.05, 4.69) is 0 Å². The normalized spacial score (nSPS) is 16.1. The van der Waals surface area contributed by atoms with Gasteiger partial charge in [0.15, 0.2) is 0 Å². The number of carbonyl (C=O) groups excluding carboxylic acids is 1. The minimum absolute atomic E-state index is 0.164. The minimum atomic E-state index is -4.91. The van der Waals surface area contributed by atoms with Crippen molar-refractivity contribution in [2.45, 2.75) is 32.7 Å². The van der Waals surface area contributed by atoms with Crippen LogP contribution in [0.25, 0.3) is 0 Å². The van der Waals surface area contributed by atoms with Crippen LogP contribution in [0, 0.1) is 0 Å². The molecule has 140 valence electrons. The largest absolute Gasteiger partial charge is 0.482 e. The summed E-state index contributed by atoms with van der Waals surface area (Å²) in [4.78, 5) is 15.6. The Morgan fingerprint density at radius 2 is 1.76 bits per heavy atom. The first-order valence-electron chi connectivity index (χ1n) is 8.26. The summed E-state index contributed by atoms with van der Waals surface area (Å²) in [6.07, 6.45) is -1.32. The van der Waals surface area contributed by atoms with E-state index in [9.17, 15) is 17.7 Å². The molecule has 0 radical (unpaired) electrons. The maximum atomic E-state index is 12.7. The molecular formula is C16H24BF3N3O2-. The van der Waals surface area contributed by atoms with Gasteiger partial charge in [0.25, 0.3) is 0 Å². The van der Waals surface area contributed by atoms with Crippen LogP contribution in [0.2, 0.25) is 0 Å². The molecule has 5 nitrogen and oxygen atoms in total. The molecule has 0 spiro atoms. The number of carbonyl (C=O) groups is 1. The maximum absolute atomic E-state index is 12.7. The summed E-state index contributed by atoms with van der Waals surface area (Å²) >= 11 is 0. The Morgan fingerprint density at radius 1 is 1.16 bits per heavy atom. The monoisotopic (exact) mass is 358 g/mol. The van der Waals surface area contributed by atoms with Gasteiger partial charge in [-0.2, -0.15) is 0 Å². The smallest absolute Gasteiger partial charge is 0.449 e. The van der Waals surface area contributed by atoms with Crippen molar-refractivity contribution >= 4 is 24.4 Å². The molecule has 9 heteroatoms. The molecule has 1 saturated heterocycles. The first-order valence-corrected chi connectivity index (χ1v) is 8.26. The fraction of sp³-hybridized carbons (Fsp3) is 0.562. The van der Waals surface area contributed by atoms with Crippen LogP contribution in [0.5, 0.6) is 0 Å². The van der Waals surface area contributed by atoms with E-state index in [0.717, 1.165) is 0 Å². The van der Waals surface area contributed by atoms with E-state index in [1.54, 1.807) is 31.7 Å². The van der Waals surface area contributed by atoms with Crippen LogP contribution in [0.1, 0.15) is 26.3 Å². The minimum Gasteiger partial charge on any atom is -0.449 e. The van der Waals surface area contributed by atoms with E-state index >= 15 is 0 Å². The lowest BCUT2D eigenvalue weighted by atomic mass is 9.81. The molecule has 1 aliphatic heterocycles. The first-order chi connectivity index (χ1) is 11.4. The quantitative estimate of drug-likeness (QED) is 0.666. The number of amides is 1. The van der Waals surface area contributed by atoms with Gasteiger partial charge in [0.05, 0.1) is 0 Å². The van der Waals surface area contributed by atoms with E-state index in [0.29, 0.717) is 37.6 Å². The highest BCUT2D eigenvalue weighted by Gasteiger charge is 2.27. The number of nitrogens with zero attached hydrogens (tertiary/aromatic N) is 2. The molecule has 0 aromatic heterocycles. The average Bonchev–Trinajstić information content (AvgIpc) is 2.43. The third kappa shape index (κ3) is 6.06. The van der Waals surface area contributed by atoms with Crippen LogP contribution in [-0.4, -0.2) is 49.8 Å². The average molecular weight is 358 g/mol. The number of hydrogen-bond donors (Lipinski definition) is 1. The van der Waals surface area contributed by atoms with Gasteiger partial charge in [0, 0.05) is 37.6 Å². The molecule has 1 fully saturated rings. The van der Waals surface area contributed by atoms with Gasteiger partial charge >= 0.3 is 13.1 Å². The summed E-state index contributed by atoms with van der Waals surface area (Å²) in [5.74, 6) is 0. The van der Waals surface area contributed by atoms with Crippen LogP contribution in [0.15, 0.2) is 18.2 Å². The van der Waals surface area contributed by atoms with E-state index in [1.807, 2.05) is 4.90 Å². The molecule has 2 rings (SSSR count). The molecule has 0 atom stereocenters. The number of hydrogen-bond acceptors (Lipinski definition) is 4. The van der Waals surface area contributed by atoms with Crippen molar-refractivity contribution in [3.63, 3.8) is 0 Å². The summed E-state index contributed by atoms with van der Waals surface area (Å²) in [6.45, 7) is 2.42. The number of ether oxygens (including phenoxy) is 1. The maximum Gasteiger partial charge on any atom is 0.482 e. The van der Waals surface area contributed by atoms with Crippen molar-refractivity contribution in [1.82, 2.24) is 4.90 Å². The first kappa shape index (κ1) is 19.3. The number of rotatable bonds is 3. The predicted molar refractivity (Wildman–Crippen MR) is 93.7 cm³/mol. The van der Waals surface area contributed by atoms with Crippen LogP contribution >= 0.6 is 0 Å². The fourth-order valence-electron chi connectivity index (χ4n) is 2.74. The van der Waals surface area contributed by atoms with E-state index in [1.165, 1.54) is 12.1 Å². The second kappa shape index (κ2) is 7.05. The second-order valence-electron chi connectivity index (χ2n) is 7.30. The number of nitrogen functional groups attached to an aromatic ring is 1. The van der Waals surface area contributed by atoms with Crippen molar-refractivity contribution in [1.29, 1.82) is 0 Å². The number of halogens is 3. The third-order valence-electron chi connectivity index (χ3n) is 3.76. The SMILES string of the molecule is CC(C)(C)OC(=O)N1CCN(c2cc(N)cc(C[B-](F)(F)F)c2)CC1. The van der Waals surface area contributed by atoms with Crippen molar-refractivity contribution in [3.8, 4) is 0 Å². The van der Waals surface area contributed by atoms with E-state index < -0.39 is 18.9 Å². The Morgan fingerprint density at radius 3 is 2.28 bits per heavy atom. The van der Waals surface area contributed by atoms with Crippen LogP contribution in [0.4, 0.5) is 29.1 Å². The highest BCUT2D eigenvalue weighted by atomic mass is 19.4. The molecule has 2 N–H and O–H groups in total. The Hall–Kier alpha value is -2.06. The van der Waals surface area contributed by atoms with Crippen LogP contribution in [-0.2, 0) is 11.1 Å². The molecule has 0 aliphatic carbocycles. The Labute approximate surface area is 146 Å². The zero-order chi connectivity index (χ0) is 18.8. The number of anilines is 2. The molecule has 1 amide bonds. The third-order valence-corrected chi connectivity index (χ3v) is 3.76. The van der Waals surface area contributed by atoms with Crippen molar-refractivity contribution < 1.29 is 22.5 Å². The Balaban J connectivity index is 2.02. The van der Waals surface area contributed by atoms with Gasteiger partial charge in [0.2, 0.25) is 0 Å². The summed E-state index contributed by atoms with van der Waals surface area (Å²) in [6, 6.07) is 4.54. The van der Waals surface area contributed by atoms with E-state index in [4.69, 9.17) is 10.5 Å². The summed E-state index contributed by atoms with van der Waals surface area (Å²) in [5, 5.41) is 0. The number of nitrogens with two attached hydrogens (primary N) is 1. The Kier molecular flexibility index (Phi) is 5.44. The number of piperazine rings is 1. The lowest BCUT2D eigenvalue weighted by Crippen LogP contribution is -2.50. The van der Waals surface area contributed by atoms with E-state index in [-0.39, 0.29) is 11.7 Å². The van der Waals surface area contributed by atoms with Crippen LogP contribution < -0.4 is 10.6 Å². The van der Waals surface area contributed by atoms with Gasteiger partial charge in [-0.1, -0.05) is 11.9 Å². The Bertz CT molecular complexity index is 624. The topological polar surface area (TPSA) is 58.8 Å². The highest BCUT2D eigenvalue weighted by molar-refractivity contribution is 6.57. The van der Waals surface area contributed by atoms with Crippen molar-refractivity contribution in [2.75, 3.05) is 36.8 Å². The number of benzene rings is 1. The highest BCUT2D eigenvalue weighted by Crippen LogP contribution is 2.26. The van der Waals surface area contributed by atoms with Gasteiger partial charge in [-0.25, -0.2) is 4.79 Å². The summed E-state index contributed by atoms with van der Waals surface area (Å²) < 4.78 is 43.4. The molecule has 1 heterocycles. The lowest BCUT2D eigenvalue weighted by Gasteiger charge is -2.37. The lowest BCUT2D eigenvalue weighted by molar-refractivity contribution is 0.0240. The summed E-state index contributed by atoms with van der Waals surface area (Å²) in [5.41, 5.74) is 6.32. The van der Waals surface area contributed by atoms with Gasteiger partial charge < -0.3 is 33.2 Å². The van der Waals surface area contributed by atoms with Crippen molar-refractivity contribution in [3.05, 3.63) is 23.8 Å². The summed E-state index contributed by atoms with van der Waals surface area (Å²) in [7, 11) is 0. The van der Waals surface area contributed by atoms with Gasteiger partial charge in [0.1, 0.15) is 5.60 Å². The zero-order valence-electron chi connectivity index (χ0n) is 14.8. The predicted octanol–water partition coefficient (Wildman–Crippen LogP) is 3.26. The van der Waals surface area contributed by atoms with Gasteiger partial charge in [-0.15, -0.1) is 0 Å². The molecule has 0 unspecified atom stereocenters. The molecule has 1 aromatic rings. The molecule has 1 aliphatic rings. The molecular weight excluding hydrogens is 334 g/mol.